The summed E-state index contributed by atoms with van der Waals surface area (Å²) in [7, 11) is 0. The maximum atomic E-state index is 5.23. The Bertz CT molecular complexity index is 79.1. The van der Waals surface area contributed by atoms with Crippen LogP contribution in [0.3, 0.4) is 0 Å². The molecule has 1 aliphatic rings. The molecule has 1 fully saturated rings. The van der Waals surface area contributed by atoms with Gasteiger partial charge >= 0.3 is 0 Å². The molecule has 1 rings (SSSR count). The number of hydrogen-bond donors (Lipinski definition) is 0. The van der Waals surface area contributed by atoms with E-state index >= 15 is 0 Å². The highest BCUT2D eigenvalue weighted by Gasteiger charge is 2.16. The van der Waals surface area contributed by atoms with E-state index in [2.05, 4.69) is 15.9 Å². The molecule has 1 aliphatic heterocycles. The van der Waals surface area contributed by atoms with Gasteiger partial charge in [0.2, 0.25) is 0 Å². The molecule has 2 nitrogen and oxygen atoms in total. The van der Waals surface area contributed by atoms with Gasteiger partial charge in [0.15, 0.2) is 6.29 Å². The summed E-state index contributed by atoms with van der Waals surface area (Å²) in [5.41, 5.74) is 0. The molecule has 0 aromatic carbocycles. The largest absolute Gasteiger partial charge is 0.353 e. The lowest BCUT2D eigenvalue weighted by Gasteiger charge is -2.25. The van der Waals surface area contributed by atoms with E-state index in [4.69, 9.17) is 9.47 Å². The van der Waals surface area contributed by atoms with Gasteiger partial charge in [-0.3, -0.25) is 0 Å². The maximum absolute atomic E-state index is 5.23. The van der Waals surface area contributed by atoms with Crippen LogP contribution in [-0.4, -0.2) is 24.8 Å². The zero-order chi connectivity index (χ0) is 6.69. The van der Waals surface area contributed by atoms with Crippen LogP contribution in [0, 0.1) is 5.92 Å². The van der Waals surface area contributed by atoms with Crippen LogP contribution in [0.15, 0.2) is 0 Å². The molecular weight excluding hydrogens is 184 g/mol. The molecule has 54 valence electrons. The SMILES string of the molecule is CC1OCC(CBr)CO1. The van der Waals surface area contributed by atoms with E-state index in [0.717, 1.165) is 18.5 Å². The summed E-state index contributed by atoms with van der Waals surface area (Å²) in [5.74, 6) is 0.543. The lowest BCUT2D eigenvalue weighted by Crippen LogP contribution is -2.30. The molecule has 1 heterocycles. The minimum Gasteiger partial charge on any atom is -0.353 e. The molecule has 0 N–H and O–H groups in total. The van der Waals surface area contributed by atoms with Gasteiger partial charge in [0.25, 0.3) is 0 Å². The fourth-order valence-corrected chi connectivity index (χ4v) is 1.10. The molecule has 9 heavy (non-hydrogen) atoms. The lowest BCUT2D eigenvalue weighted by molar-refractivity contribution is -0.186. The first-order valence-corrected chi connectivity index (χ1v) is 4.24. The fourth-order valence-electron chi connectivity index (χ4n) is 0.728. The van der Waals surface area contributed by atoms with Gasteiger partial charge in [-0.05, 0) is 6.92 Å². The second kappa shape index (κ2) is 3.54. The maximum Gasteiger partial charge on any atom is 0.154 e. The highest BCUT2D eigenvalue weighted by atomic mass is 79.9. The Morgan fingerprint density at radius 3 is 2.44 bits per heavy atom. The highest BCUT2D eigenvalue weighted by Crippen LogP contribution is 2.11. The van der Waals surface area contributed by atoms with Crippen LogP contribution in [0.25, 0.3) is 0 Å². The van der Waals surface area contributed by atoms with Crippen molar-refractivity contribution in [2.45, 2.75) is 13.2 Å². The van der Waals surface area contributed by atoms with Crippen LogP contribution < -0.4 is 0 Å². The minimum atomic E-state index is 0.000278. The van der Waals surface area contributed by atoms with Crippen molar-refractivity contribution in [2.75, 3.05) is 18.5 Å². The van der Waals surface area contributed by atoms with Gasteiger partial charge in [0.1, 0.15) is 0 Å². The Balaban J connectivity index is 2.18. The molecule has 1 saturated heterocycles. The Hall–Kier alpha value is 0.400. The summed E-state index contributed by atoms with van der Waals surface area (Å²) in [6, 6.07) is 0. The number of alkyl halides is 1. The topological polar surface area (TPSA) is 18.5 Å². The van der Waals surface area contributed by atoms with Crippen molar-refractivity contribution < 1.29 is 9.47 Å². The predicted molar refractivity (Wildman–Crippen MR) is 38.7 cm³/mol. The standard InChI is InChI=1S/C6H11BrO2/c1-5-8-3-6(2-7)4-9-5/h5-6H,2-4H2,1H3. The number of halogens is 1. The third kappa shape index (κ3) is 2.24. The number of rotatable bonds is 1. The van der Waals surface area contributed by atoms with E-state index in [1.54, 1.807) is 0 Å². The fraction of sp³-hybridized carbons (Fsp3) is 1.00. The summed E-state index contributed by atoms with van der Waals surface area (Å²) in [4.78, 5) is 0. The summed E-state index contributed by atoms with van der Waals surface area (Å²) < 4.78 is 10.5. The molecule has 0 saturated carbocycles. The average molecular weight is 195 g/mol. The van der Waals surface area contributed by atoms with Gasteiger partial charge < -0.3 is 9.47 Å². The second-order valence-corrected chi connectivity index (χ2v) is 2.90. The molecular formula is C6H11BrO2. The van der Waals surface area contributed by atoms with Crippen molar-refractivity contribution in [1.82, 2.24) is 0 Å². The van der Waals surface area contributed by atoms with Gasteiger partial charge in [-0.1, -0.05) is 15.9 Å². The number of ether oxygens (including phenoxy) is 2. The lowest BCUT2D eigenvalue weighted by atomic mass is 10.2. The minimum absolute atomic E-state index is 0.000278. The molecule has 3 heteroatoms. The summed E-state index contributed by atoms with van der Waals surface area (Å²) in [5, 5.41) is 0.972. The predicted octanol–water partition coefficient (Wildman–Crippen LogP) is 1.39. The van der Waals surface area contributed by atoms with Crippen LogP contribution >= 0.6 is 15.9 Å². The van der Waals surface area contributed by atoms with Crippen molar-refractivity contribution in [3.8, 4) is 0 Å². The van der Waals surface area contributed by atoms with Crippen LogP contribution in [0.1, 0.15) is 6.92 Å². The van der Waals surface area contributed by atoms with Crippen molar-refractivity contribution in [1.29, 1.82) is 0 Å². The Labute approximate surface area is 63.7 Å². The molecule has 0 spiro atoms. The third-order valence-electron chi connectivity index (χ3n) is 1.35. The van der Waals surface area contributed by atoms with Gasteiger partial charge in [0, 0.05) is 11.2 Å². The van der Waals surface area contributed by atoms with E-state index in [1.165, 1.54) is 0 Å². The van der Waals surface area contributed by atoms with E-state index in [1.807, 2.05) is 6.92 Å². The quantitative estimate of drug-likeness (QED) is 0.588. The Morgan fingerprint density at radius 2 is 2.00 bits per heavy atom. The Morgan fingerprint density at radius 1 is 1.44 bits per heavy atom. The van der Waals surface area contributed by atoms with E-state index < -0.39 is 0 Å². The average Bonchev–Trinajstić information content (AvgIpc) is 1.90. The molecule has 0 radical (unpaired) electrons. The smallest absolute Gasteiger partial charge is 0.154 e. The van der Waals surface area contributed by atoms with Crippen molar-refractivity contribution >= 4 is 15.9 Å². The molecule has 0 aromatic rings. The first kappa shape index (κ1) is 7.51. The van der Waals surface area contributed by atoms with Crippen LogP contribution in [-0.2, 0) is 9.47 Å². The second-order valence-electron chi connectivity index (χ2n) is 2.25. The Kier molecular flexibility index (Phi) is 2.95. The summed E-state index contributed by atoms with van der Waals surface area (Å²) in [6.07, 6.45) is 0.000278. The van der Waals surface area contributed by atoms with Crippen LogP contribution in [0.5, 0.6) is 0 Å². The van der Waals surface area contributed by atoms with Gasteiger partial charge in [0.05, 0.1) is 13.2 Å². The van der Waals surface area contributed by atoms with Gasteiger partial charge in [-0.15, -0.1) is 0 Å². The zero-order valence-electron chi connectivity index (χ0n) is 5.47. The highest BCUT2D eigenvalue weighted by molar-refractivity contribution is 9.09. The van der Waals surface area contributed by atoms with E-state index in [0.29, 0.717) is 5.92 Å². The summed E-state index contributed by atoms with van der Waals surface area (Å²) in [6.45, 7) is 3.57. The van der Waals surface area contributed by atoms with Crippen molar-refractivity contribution in [3.63, 3.8) is 0 Å². The first-order chi connectivity index (χ1) is 4.33. The third-order valence-corrected chi connectivity index (χ3v) is 2.27. The molecule has 0 aliphatic carbocycles. The van der Waals surface area contributed by atoms with Gasteiger partial charge in [-0.2, -0.15) is 0 Å². The normalized spacial score (nSPS) is 36.7. The summed E-state index contributed by atoms with van der Waals surface area (Å²) >= 11 is 3.37. The van der Waals surface area contributed by atoms with E-state index in [-0.39, 0.29) is 6.29 Å². The van der Waals surface area contributed by atoms with E-state index in [9.17, 15) is 0 Å². The molecule has 0 atom stereocenters. The molecule has 0 bridgehead atoms. The van der Waals surface area contributed by atoms with Gasteiger partial charge in [-0.25, -0.2) is 0 Å². The number of hydrogen-bond acceptors (Lipinski definition) is 2. The van der Waals surface area contributed by atoms with Crippen molar-refractivity contribution in [2.24, 2.45) is 5.92 Å². The van der Waals surface area contributed by atoms with Crippen LogP contribution in [0.4, 0.5) is 0 Å². The monoisotopic (exact) mass is 194 g/mol. The van der Waals surface area contributed by atoms with Crippen molar-refractivity contribution in [3.05, 3.63) is 0 Å². The molecule has 0 aromatic heterocycles. The molecule has 0 unspecified atom stereocenters. The van der Waals surface area contributed by atoms with Crippen LogP contribution in [0.2, 0.25) is 0 Å². The first-order valence-electron chi connectivity index (χ1n) is 3.12. The zero-order valence-corrected chi connectivity index (χ0v) is 7.06. The molecule has 0 amide bonds.